The van der Waals surface area contributed by atoms with Gasteiger partial charge in [0.25, 0.3) is 0 Å². The van der Waals surface area contributed by atoms with E-state index in [0.29, 0.717) is 6.54 Å². The van der Waals surface area contributed by atoms with Crippen LogP contribution in [-0.4, -0.2) is 17.0 Å². The zero-order chi connectivity index (χ0) is 12.1. The highest BCUT2D eigenvalue weighted by Crippen LogP contribution is 2.16. The van der Waals surface area contributed by atoms with Crippen LogP contribution in [0.1, 0.15) is 11.1 Å². The van der Waals surface area contributed by atoms with Gasteiger partial charge in [0.05, 0.1) is 0 Å². The molecule has 0 radical (unpaired) electrons. The highest BCUT2D eigenvalue weighted by Gasteiger charge is 2.08. The van der Waals surface area contributed by atoms with Gasteiger partial charge in [-0.1, -0.05) is 30.3 Å². The van der Waals surface area contributed by atoms with E-state index < -0.39 is 0 Å². The fourth-order valence-electron chi connectivity index (χ4n) is 1.77. The molecule has 1 aromatic carbocycles. The van der Waals surface area contributed by atoms with Crippen molar-refractivity contribution in [3.8, 4) is 0 Å². The van der Waals surface area contributed by atoms with Crippen LogP contribution in [0.25, 0.3) is 0 Å². The van der Waals surface area contributed by atoms with Gasteiger partial charge >= 0.3 is 0 Å². The van der Waals surface area contributed by atoms with Crippen LogP contribution in [-0.2, 0) is 13.1 Å². The summed E-state index contributed by atoms with van der Waals surface area (Å²) in [6, 6.07) is 10.3. The molecule has 17 heavy (non-hydrogen) atoms. The van der Waals surface area contributed by atoms with Crippen LogP contribution >= 0.6 is 0 Å². The second-order valence-electron chi connectivity index (χ2n) is 3.92. The maximum absolute atomic E-state index is 5.68. The Bertz CT molecular complexity index is 470. The van der Waals surface area contributed by atoms with Gasteiger partial charge < -0.3 is 10.6 Å². The van der Waals surface area contributed by atoms with E-state index in [1.54, 1.807) is 12.5 Å². The molecular formula is C13H16N4. The fourth-order valence-corrected chi connectivity index (χ4v) is 1.77. The molecule has 2 rings (SSSR count). The fraction of sp³-hybridized carbons (Fsp3) is 0.231. The largest absolute Gasteiger partial charge is 0.355 e. The van der Waals surface area contributed by atoms with Crippen molar-refractivity contribution < 1.29 is 0 Å². The van der Waals surface area contributed by atoms with Crippen molar-refractivity contribution in [2.45, 2.75) is 13.1 Å². The van der Waals surface area contributed by atoms with Gasteiger partial charge in [-0.15, -0.1) is 0 Å². The Morgan fingerprint density at radius 2 is 2.00 bits per heavy atom. The molecule has 2 N–H and O–H groups in total. The monoisotopic (exact) mass is 228 g/mol. The third-order valence-corrected chi connectivity index (χ3v) is 2.61. The first-order valence-corrected chi connectivity index (χ1v) is 5.55. The van der Waals surface area contributed by atoms with Crippen LogP contribution in [0, 0.1) is 0 Å². The van der Waals surface area contributed by atoms with Gasteiger partial charge in [0, 0.05) is 31.9 Å². The summed E-state index contributed by atoms with van der Waals surface area (Å²) in [5, 5.41) is 0. The minimum Gasteiger partial charge on any atom is -0.355 e. The van der Waals surface area contributed by atoms with Gasteiger partial charge in [-0.05, 0) is 5.56 Å². The number of aromatic nitrogens is 2. The van der Waals surface area contributed by atoms with Crippen molar-refractivity contribution in [2.24, 2.45) is 5.73 Å². The molecular weight excluding hydrogens is 212 g/mol. The van der Waals surface area contributed by atoms with E-state index in [2.05, 4.69) is 27.0 Å². The number of nitrogens with zero attached hydrogens (tertiary/aromatic N) is 3. The molecule has 0 atom stereocenters. The van der Waals surface area contributed by atoms with E-state index >= 15 is 0 Å². The summed E-state index contributed by atoms with van der Waals surface area (Å²) >= 11 is 0. The molecule has 1 aromatic heterocycles. The van der Waals surface area contributed by atoms with E-state index in [9.17, 15) is 0 Å². The number of rotatable bonds is 4. The smallest absolute Gasteiger partial charge is 0.136 e. The lowest BCUT2D eigenvalue weighted by Gasteiger charge is -2.20. The molecule has 0 amide bonds. The van der Waals surface area contributed by atoms with Gasteiger partial charge in [0.15, 0.2) is 0 Å². The van der Waals surface area contributed by atoms with Crippen LogP contribution < -0.4 is 10.6 Å². The minimum absolute atomic E-state index is 0.454. The molecule has 0 spiro atoms. The van der Waals surface area contributed by atoms with Gasteiger partial charge in [0.1, 0.15) is 12.1 Å². The molecule has 0 saturated carbocycles. The summed E-state index contributed by atoms with van der Waals surface area (Å²) in [5.74, 6) is 0.895. The SMILES string of the molecule is CN(Cc1ccccc1)c1ncncc1CN. The topological polar surface area (TPSA) is 55.0 Å². The third kappa shape index (κ3) is 2.79. The second-order valence-corrected chi connectivity index (χ2v) is 3.92. The molecule has 0 bridgehead atoms. The molecule has 88 valence electrons. The summed E-state index contributed by atoms with van der Waals surface area (Å²) in [7, 11) is 2.01. The Morgan fingerprint density at radius 1 is 1.24 bits per heavy atom. The Labute approximate surface area is 101 Å². The summed E-state index contributed by atoms with van der Waals surface area (Å²) in [5.41, 5.74) is 7.89. The lowest BCUT2D eigenvalue weighted by atomic mass is 10.2. The Morgan fingerprint density at radius 3 is 2.71 bits per heavy atom. The van der Waals surface area contributed by atoms with Crippen molar-refractivity contribution in [2.75, 3.05) is 11.9 Å². The first-order valence-electron chi connectivity index (χ1n) is 5.55. The predicted molar refractivity (Wildman–Crippen MR) is 68.5 cm³/mol. The number of nitrogens with two attached hydrogens (primary N) is 1. The number of anilines is 1. The van der Waals surface area contributed by atoms with E-state index in [-0.39, 0.29) is 0 Å². The van der Waals surface area contributed by atoms with Crippen LogP contribution in [0.4, 0.5) is 5.82 Å². The van der Waals surface area contributed by atoms with Gasteiger partial charge in [0.2, 0.25) is 0 Å². The summed E-state index contributed by atoms with van der Waals surface area (Å²) in [4.78, 5) is 10.4. The Hall–Kier alpha value is -1.94. The zero-order valence-electron chi connectivity index (χ0n) is 9.87. The first-order chi connectivity index (χ1) is 8.31. The van der Waals surface area contributed by atoms with Crippen molar-refractivity contribution in [3.05, 3.63) is 54.0 Å². The van der Waals surface area contributed by atoms with Crippen LogP contribution in [0.5, 0.6) is 0 Å². The quantitative estimate of drug-likeness (QED) is 0.863. The molecule has 0 aliphatic heterocycles. The van der Waals surface area contributed by atoms with Gasteiger partial charge in [-0.25, -0.2) is 9.97 Å². The molecule has 4 nitrogen and oxygen atoms in total. The standard InChI is InChI=1S/C13H16N4/c1-17(9-11-5-3-2-4-6-11)13-12(7-14)8-15-10-16-13/h2-6,8,10H,7,9,14H2,1H3. The predicted octanol–water partition coefficient (Wildman–Crippen LogP) is 1.57. The van der Waals surface area contributed by atoms with Crippen LogP contribution in [0.2, 0.25) is 0 Å². The van der Waals surface area contributed by atoms with Crippen molar-refractivity contribution in [1.29, 1.82) is 0 Å². The molecule has 2 aromatic rings. The second kappa shape index (κ2) is 5.41. The van der Waals surface area contributed by atoms with Crippen molar-refractivity contribution >= 4 is 5.82 Å². The van der Waals surface area contributed by atoms with Crippen molar-refractivity contribution in [3.63, 3.8) is 0 Å². The molecule has 4 heteroatoms. The number of hydrogen-bond acceptors (Lipinski definition) is 4. The summed E-state index contributed by atoms with van der Waals surface area (Å²) in [6.45, 7) is 1.26. The number of hydrogen-bond donors (Lipinski definition) is 1. The van der Waals surface area contributed by atoms with Gasteiger partial charge in [-0.3, -0.25) is 0 Å². The molecule has 0 aliphatic carbocycles. The molecule has 0 fully saturated rings. The van der Waals surface area contributed by atoms with Crippen LogP contribution in [0.3, 0.4) is 0 Å². The van der Waals surface area contributed by atoms with E-state index in [0.717, 1.165) is 17.9 Å². The average Bonchev–Trinajstić information content (AvgIpc) is 2.40. The maximum Gasteiger partial charge on any atom is 0.136 e. The third-order valence-electron chi connectivity index (χ3n) is 2.61. The zero-order valence-corrected chi connectivity index (χ0v) is 9.87. The Kier molecular flexibility index (Phi) is 3.67. The van der Waals surface area contributed by atoms with E-state index in [4.69, 9.17) is 5.73 Å². The highest BCUT2D eigenvalue weighted by molar-refractivity contribution is 5.45. The summed E-state index contributed by atoms with van der Waals surface area (Å²) in [6.07, 6.45) is 3.32. The van der Waals surface area contributed by atoms with E-state index in [1.807, 2.05) is 25.2 Å². The lowest BCUT2D eigenvalue weighted by Crippen LogP contribution is -2.20. The normalized spacial score (nSPS) is 10.2. The molecule has 0 aliphatic rings. The summed E-state index contributed by atoms with van der Waals surface area (Å²) < 4.78 is 0. The highest BCUT2D eigenvalue weighted by atomic mass is 15.2. The average molecular weight is 228 g/mol. The minimum atomic E-state index is 0.454. The Balaban J connectivity index is 2.17. The molecule has 0 unspecified atom stereocenters. The lowest BCUT2D eigenvalue weighted by molar-refractivity contribution is 0.865. The molecule has 0 saturated heterocycles. The number of benzene rings is 1. The van der Waals surface area contributed by atoms with Gasteiger partial charge in [-0.2, -0.15) is 0 Å². The molecule has 1 heterocycles. The first kappa shape index (κ1) is 11.5. The van der Waals surface area contributed by atoms with Crippen molar-refractivity contribution in [1.82, 2.24) is 9.97 Å². The van der Waals surface area contributed by atoms with E-state index in [1.165, 1.54) is 5.56 Å². The maximum atomic E-state index is 5.68. The van der Waals surface area contributed by atoms with Crippen LogP contribution in [0.15, 0.2) is 42.9 Å².